The molecular weight excluding hydrogens is 248 g/mol. The number of piperidine rings is 1. The van der Waals surface area contributed by atoms with Crippen LogP contribution in [0.25, 0.3) is 0 Å². The highest BCUT2D eigenvalue weighted by Gasteiger charge is 2.37. The third-order valence-electron chi connectivity index (χ3n) is 5.43. The van der Waals surface area contributed by atoms with Gasteiger partial charge in [0.25, 0.3) is 0 Å². The molecule has 0 spiro atoms. The van der Waals surface area contributed by atoms with Gasteiger partial charge < -0.3 is 15.0 Å². The molecule has 3 nitrogen and oxygen atoms in total. The summed E-state index contributed by atoms with van der Waals surface area (Å²) in [4.78, 5) is 2.67. The normalized spacial score (nSPS) is 30.8. The highest BCUT2D eigenvalue weighted by molar-refractivity contribution is 4.91. The van der Waals surface area contributed by atoms with Crippen molar-refractivity contribution in [1.82, 2.24) is 10.2 Å². The molecule has 2 rings (SSSR count). The van der Waals surface area contributed by atoms with Gasteiger partial charge in [0.1, 0.15) is 0 Å². The van der Waals surface area contributed by atoms with Crippen LogP contribution in [0, 0.1) is 11.3 Å². The van der Waals surface area contributed by atoms with Crippen molar-refractivity contribution in [1.29, 1.82) is 0 Å². The minimum absolute atomic E-state index is 0.436. The van der Waals surface area contributed by atoms with E-state index in [4.69, 9.17) is 4.74 Å². The van der Waals surface area contributed by atoms with Crippen LogP contribution in [0.5, 0.6) is 0 Å². The molecule has 2 atom stereocenters. The Morgan fingerprint density at radius 1 is 1.30 bits per heavy atom. The zero-order valence-electron chi connectivity index (χ0n) is 13.8. The first-order valence-corrected chi connectivity index (χ1v) is 8.65. The highest BCUT2D eigenvalue weighted by atomic mass is 16.5. The van der Waals surface area contributed by atoms with Gasteiger partial charge in [-0.05, 0) is 50.1 Å². The molecule has 118 valence electrons. The minimum Gasteiger partial charge on any atom is -0.380 e. The standard InChI is InChI=1S/C17H34N2O/c1-4-10-18-13-17(8-5-6-9-17)14-19-11-7-15(2)16(12-19)20-3/h15-16,18H,4-14H2,1-3H3. The Morgan fingerprint density at radius 2 is 2.05 bits per heavy atom. The van der Waals surface area contributed by atoms with Gasteiger partial charge in [-0.25, -0.2) is 0 Å². The van der Waals surface area contributed by atoms with Crippen LogP contribution in [0.3, 0.4) is 0 Å². The van der Waals surface area contributed by atoms with E-state index in [1.807, 2.05) is 7.11 Å². The van der Waals surface area contributed by atoms with E-state index in [1.54, 1.807) is 0 Å². The number of nitrogens with zero attached hydrogens (tertiary/aromatic N) is 1. The lowest BCUT2D eigenvalue weighted by molar-refractivity contribution is -0.0176. The molecule has 3 heteroatoms. The first-order chi connectivity index (χ1) is 9.69. The van der Waals surface area contributed by atoms with E-state index in [2.05, 4.69) is 24.1 Å². The summed E-state index contributed by atoms with van der Waals surface area (Å²) in [6.45, 7) is 10.6. The van der Waals surface area contributed by atoms with Gasteiger partial charge in [0.15, 0.2) is 0 Å². The van der Waals surface area contributed by atoms with Crippen LogP contribution < -0.4 is 5.32 Å². The largest absolute Gasteiger partial charge is 0.380 e. The van der Waals surface area contributed by atoms with Crippen molar-refractivity contribution in [2.75, 3.05) is 39.8 Å². The van der Waals surface area contributed by atoms with Crippen LogP contribution in [0.1, 0.15) is 52.4 Å². The molecule has 1 heterocycles. The molecule has 0 aromatic rings. The molecule has 2 fully saturated rings. The zero-order valence-corrected chi connectivity index (χ0v) is 13.8. The monoisotopic (exact) mass is 282 g/mol. The Labute approximate surface area is 125 Å². The molecule has 1 saturated carbocycles. The Kier molecular flexibility index (Phi) is 6.31. The molecule has 1 saturated heterocycles. The first kappa shape index (κ1) is 16.3. The maximum atomic E-state index is 5.67. The second kappa shape index (κ2) is 7.77. The van der Waals surface area contributed by atoms with Crippen molar-refractivity contribution in [3.8, 4) is 0 Å². The van der Waals surface area contributed by atoms with Gasteiger partial charge in [0.2, 0.25) is 0 Å². The number of hydrogen-bond donors (Lipinski definition) is 1. The predicted molar refractivity (Wildman–Crippen MR) is 85.1 cm³/mol. The molecule has 20 heavy (non-hydrogen) atoms. The fourth-order valence-electron chi connectivity index (χ4n) is 4.07. The van der Waals surface area contributed by atoms with Crippen molar-refractivity contribution >= 4 is 0 Å². The molecule has 0 radical (unpaired) electrons. The van der Waals surface area contributed by atoms with E-state index < -0.39 is 0 Å². The van der Waals surface area contributed by atoms with Crippen molar-refractivity contribution in [2.24, 2.45) is 11.3 Å². The average Bonchev–Trinajstić information content (AvgIpc) is 2.90. The summed E-state index contributed by atoms with van der Waals surface area (Å²) >= 11 is 0. The van der Waals surface area contributed by atoms with Gasteiger partial charge in [-0.2, -0.15) is 0 Å². The SMILES string of the molecule is CCCNCC1(CN2CCC(C)C(OC)C2)CCCC1. The number of likely N-dealkylation sites (tertiary alicyclic amines) is 1. The Hall–Kier alpha value is -0.120. The lowest BCUT2D eigenvalue weighted by Crippen LogP contribution is -2.49. The third-order valence-corrected chi connectivity index (χ3v) is 5.43. The third kappa shape index (κ3) is 4.19. The second-order valence-corrected chi connectivity index (χ2v) is 7.16. The highest BCUT2D eigenvalue weighted by Crippen LogP contribution is 2.39. The number of methoxy groups -OCH3 is 1. The summed E-state index contributed by atoms with van der Waals surface area (Å²) in [5.41, 5.74) is 0.536. The van der Waals surface area contributed by atoms with Crippen LogP contribution in [0.15, 0.2) is 0 Å². The summed E-state index contributed by atoms with van der Waals surface area (Å²) in [7, 11) is 1.87. The van der Waals surface area contributed by atoms with E-state index in [0.717, 1.165) is 6.54 Å². The van der Waals surface area contributed by atoms with E-state index in [1.165, 1.54) is 64.7 Å². The minimum atomic E-state index is 0.436. The summed E-state index contributed by atoms with van der Waals surface area (Å²) < 4.78 is 5.67. The number of rotatable bonds is 7. The van der Waals surface area contributed by atoms with Gasteiger partial charge in [-0.15, -0.1) is 0 Å². The molecule has 1 aliphatic heterocycles. The van der Waals surface area contributed by atoms with Crippen molar-refractivity contribution < 1.29 is 4.74 Å². The molecule has 0 bridgehead atoms. The lowest BCUT2D eigenvalue weighted by Gasteiger charge is -2.41. The zero-order chi connectivity index (χ0) is 14.4. The van der Waals surface area contributed by atoms with E-state index in [0.29, 0.717) is 17.4 Å². The quantitative estimate of drug-likeness (QED) is 0.727. The second-order valence-electron chi connectivity index (χ2n) is 7.16. The van der Waals surface area contributed by atoms with Gasteiger partial charge in [0.05, 0.1) is 6.10 Å². The molecule has 0 amide bonds. The van der Waals surface area contributed by atoms with Crippen molar-refractivity contribution in [3.63, 3.8) is 0 Å². The van der Waals surface area contributed by atoms with Gasteiger partial charge >= 0.3 is 0 Å². The van der Waals surface area contributed by atoms with E-state index in [-0.39, 0.29) is 0 Å². The smallest absolute Gasteiger partial charge is 0.0724 e. The number of nitrogens with one attached hydrogen (secondary N) is 1. The van der Waals surface area contributed by atoms with Crippen molar-refractivity contribution in [3.05, 3.63) is 0 Å². The molecule has 2 aliphatic rings. The molecule has 0 aromatic carbocycles. The van der Waals surface area contributed by atoms with Gasteiger partial charge in [-0.1, -0.05) is 26.7 Å². The van der Waals surface area contributed by atoms with Crippen molar-refractivity contribution in [2.45, 2.75) is 58.5 Å². The average molecular weight is 282 g/mol. The Morgan fingerprint density at radius 3 is 2.70 bits per heavy atom. The maximum Gasteiger partial charge on any atom is 0.0724 e. The summed E-state index contributed by atoms with van der Waals surface area (Å²) in [6, 6.07) is 0. The van der Waals surface area contributed by atoms with Crippen LogP contribution >= 0.6 is 0 Å². The number of ether oxygens (including phenoxy) is 1. The van der Waals surface area contributed by atoms with Crippen LogP contribution in [-0.4, -0.2) is 50.8 Å². The summed E-state index contributed by atoms with van der Waals surface area (Å²) in [5.74, 6) is 0.717. The molecule has 1 aliphatic carbocycles. The fraction of sp³-hybridized carbons (Fsp3) is 1.00. The van der Waals surface area contributed by atoms with Crippen LogP contribution in [-0.2, 0) is 4.74 Å². The van der Waals surface area contributed by atoms with Crippen LogP contribution in [0.2, 0.25) is 0 Å². The lowest BCUT2D eigenvalue weighted by atomic mass is 9.84. The molecule has 1 N–H and O–H groups in total. The van der Waals surface area contributed by atoms with E-state index >= 15 is 0 Å². The van der Waals surface area contributed by atoms with E-state index in [9.17, 15) is 0 Å². The topological polar surface area (TPSA) is 24.5 Å². The predicted octanol–water partition coefficient (Wildman–Crippen LogP) is 2.90. The molecule has 2 unspecified atom stereocenters. The molecular formula is C17H34N2O. The summed E-state index contributed by atoms with van der Waals surface area (Å²) in [5, 5.41) is 3.68. The first-order valence-electron chi connectivity index (χ1n) is 8.65. The Bertz CT molecular complexity index is 276. The van der Waals surface area contributed by atoms with Gasteiger partial charge in [-0.3, -0.25) is 0 Å². The molecule has 0 aromatic heterocycles. The van der Waals surface area contributed by atoms with Crippen LogP contribution in [0.4, 0.5) is 0 Å². The maximum absolute atomic E-state index is 5.67. The summed E-state index contributed by atoms with van der Waals surface area (Å²) in [6.07, 6.45) is 8.63. The fourth-order valence-corrected chi connectivity index (χ4v) is 4.07. The Balaban J connectivity index is 1.87. The number of hydrogen-bond acceptors (Lipinski definition) is 3. The van der Waals surface area contributed by atoms with Gasteiger partial charge in [0, 0.05) is 26.7 Å².